The number of carbonyl (C=O) groups is 1. The molecule has 1 unspecified atom stereocenters. The molecule has 1 amide bonds. The van der Waals surface area contributed by atoms with Crippen LogP contribution in [0.4, 0.5) is 5.69 Å². The summed E-state index contributed by atoms with van der Waals surface area (Å²) in [6.45, 7) is 9.87. The fraction of sp³-hybridized carbons (Fsp3) is 0.250. The van der Waals surface area contributed by atoms with Crippen molar-refractivity contribution in [2.75, 3.05) is 11.9 Å². The quantitative estimate of drug-likeness (QED) is 0.770. The zero-order chi connectivity index (χ0) is 17.5. The van der Waals surface area contributed by atoms with Gasteiger partial charge in [0.2, 0.25) is 0 Å². The summed E-state index contributed by atoms with van der Waals surface area (Å²) in [4.78, 5) is 12.3. The maximum atomic E-state index is 12.3. The van der Waals surface area contributed by atoms with E-state index in [4.69, 9.17) is 9.47 Å². The summed E-state index contributed by atoms with van der Waals surface area (Å²) in [6.07, 6.45) is -0.604. The van der Waals surface area contributed by atoms with E-state index in [1.165, 1.54) is 0 Å². The summed E-state index contributed by atoms with van der Waals surface area (Å²) in [5.74, 6) is 1.14. The Morgan fingerprint density at radius 1 is 1.17 bits per heavy atom. The third-order valence-electron chi connectivity index (χ3n) is 3.29. The Morgan fingerprint density at radius 3 is 2.54 bits per heavy atom. The molecule has 0 aliphatic rings. The normalized spacial score (nSPS) is 11.5. The topological polar surface area (TPSA) is 47.6 Å². The van der Waals surface area contributed by atoms with E-state index in [2.05, 4.69) is 11.9 Å². The van der Waals surface area contributed by atoms with Crippen molar-refractivity contribution in [3.63, 3.8) is 0 Å². The summed E-state index contributed by atoms with van der Waals surface area (Å²) < 4.78 is 11.2. The standard InChI is InChI=1S/C20H23NO3/c1-14(2)13-23-19-7-5-6-17(12-19)21-20(22)16(4)24-18-10-8-15(3)9-11-18/h5-12,16H,1,13H2,2-4H3,(H,21,22). The number of hydrogen-bond donors (Lipinski definition) is 1. The lowest BCUT2D eigenvalue weighted by Crippen LogP contribution is -2.30. The number of rotatable bonds is 7. The summed E-state index contributed by atoms with van der Waals surface area (Å²) >= 11 is 0. The molecular formula is C20H23NO3. The van der Waals surface area contributed by atoms with E-state index in [0.717, 1.165) is 11.1 Å². The van der Waals surface area contributed by atoms with Crippen molar-refractivity contribution in [3.8, 4) is 11.5 Å². The molecule has 0 fully saturated rings. The van der Waals surface area contributed by atoms with E-state index < -0.39 is 6.10 Å². The van der Waals surface area contributed by atoms with E-state index in [0.29, 0.717) is 23.8 Å². The van der Waals surface area contributed by atoms with Crippen molar-refractivity contribution in [1.82, 2.24) is 0 Å². The average Bonchev–Trinajstić information content (AvgIpc) is 2.55. The molecule has 0 aliphatic heterocycles. The molecule has 0 spiro atoms. The van der Waals surface area contributed by atoms with Gasteiger partial charge in [-0.2, -0.15) is 0 Å². The summed E-state index contributed by atoms with van der Waals surface area (Å²) in [5.41, 5.74) is 2.74. The molecule has 0 bridgehead atoms. The lowest BCUT2D eigenvalue weighted by atomic mass is 10.2. The minimum Gasteiger partial charge on any atom is -0.489 e. The van der Waals surface area contributed by atoms with Gasteiger partial charge in [0, 0.05) is 11.8 Å². The summed E-state index contributed by atoms with van der Waals surface area (Å²) in [6, 6.07) is 14.9. The Kier molecular flexibility index (Phi) is 6.01. The molecule has 126 valence electrons. The predicted octanol–water partition coefficient (Wildman–Crippen LogP) is 4.36. The van der Waals surface area contributed by atoms with E-state index >= 15 is 0 Å². The molecule has 0 aromatic heterocycles. The molecule has 0 radical (unpaired) electrons. The molecule has 24 heavy (non-hydrogen) atoms. The molecule has 0 saturated carbocycles. The highest BCUT2D eigenvalue weighted by Gasteiger charge is 2.15. The van der Waals surface area contributed by atoms with Crippen LogP contribution in [0.15, 0.2) is 60.7 Å². The fourth-order valence-electron chi connectivity index (χ4n) is 1.99. The first-order valence-electron chi connectivity index (χ1n) is 7.85. The van der Waals surface area contributed by atoms with E-state index in [9.17, 15) is 4.79 Å². The van der Waals surface area contributed by atoms with E-state index in [-0.39, 0.29) is 5.91 Å². The van der Waals surface area contributed by atoms with Gasteiger partial charge in [-0.15, -0.1) is 0 Å². The van der Waals surface area contributed by atoms with Crippen molar-refractivity contribution in [2.24, 2.45) is 0 Å². The van der Waals surface area contributed by atoms with Crippen LogP contribution >= 0.6 is 0 Å². The molecule has 4 heteroatoms. The molecular weight excluding hydrogens is 302 g/mol. The SMILES string of the molecule is C=C(C)COc1cccc(NC(=O)C(C)Oc2ccc(C)cc2)c1. The molecule has 0 saturated heterocycles. The van der Waals surface area contributed by atoms with Crippen molar-refractivity contribution in [2.45, 2.75) is 26.9 Å². The van der Waals surface area contributed by atoms with Gasteiger partial charge >= 0.3 is 0 Å². The predicted molar refractivity (Wildman–Crippen MR) is 96.6 cm³/mol. The Hall–Kier alpha value is -2.75. The van der Waals surface area contributed by atoms with Gasteiger partial charge in [-0.3, -0.25) is 4.79 Å². The Morgan fingerprint density at radius 2 is 1.88 bits per heavy atom. The second-order valence-corrected chi connectivity index (χ2v) is 5.84. The van der Waals surface area contributed by atoms with Crippen LogP contribution in [-0.4, -0.2) is 18.6 Å². The molecule has 0 heterocycles. The second-order valence-electron chi connectivity index (χ2n) is 5.84. The lowest BCUT2D eigenvalue weighted by Gasteiger charge is -2.15. The Bertz CT molecular complexity index is 707. The highest BCUT2D eigenvalue weighted by Crippen LogP contribution is 2.19. The van der Waals surface area contributed by atoms with Gasteiger partial charge in [0.1, 0.15) is 18.1 Å². The van der Waals surface area contributed by atoms with Gasteiger partial charge < -0.3 is 14.8 Å². The van der Waals surface area contributed by atoms with Gasteiger partial charge in [-0.05, 0) is 50.6 Å². The van der Waals surface area contributed by atoms with Gasteiger partial charge in [0.05, 0.1) is 0 Å². The summed E-state index contributed by atoms with van der Waals surface area (Å²) in [7, 11) is 0. The average molecular weight is 325 g/mol. The van der Waals surface area contributed by atoms with Crippen LogP contribution in [0.1, 0.15) is 19.4 Å². The number of hydrogen-bond acceptors (Lipinski definition) is 3. The number of benzene rings is 2. The van der Waals surface area contributed by atoms with Crippen LogP contribution in [0.5, 0.6) is 11.5 Å². The first kappa shape index (κ1) is 17.6. The maximum absolute atomic E-state index is 12.3. The van der Waals surface area contributed by atoms with Gasteiger partial charge in [-0.1, -0.05) is 30.3 Å². The number of aryl methyl sites for hydroxylation is 1. The molecule has 1 N–H and O–H groups in total. The lowest BCUT2D eigenvalue weighted by molar-refractivity contribution is -0.122. The molecule has 2 aromatic carbocycles. The van der Waals surface area contributed by atoms with Crippen LogP contribution in [0.3, 0.4) is 0 Å². The van der Waals surface area contributed by atoms with Crippen molar-refractivity contribution in [3.05, 3.63) is 66.2 Å². The van der Waals surface area contributed by atoms with Crippen molar-refractivity contribution < 1.29 is 14.3 Å². The van der Waals surface area contributed by atoms with Gasteiger partial charge in [0.25, 0.3) is 5.91 Å². The van der Waals surface area contributed by atoms with Gasteiger partial charge in [-0.25, -0.2) is 0 Å². The van der Waals surface area contributed by atoms with E-state index in [1.54, 1.807) is 13.0 Å². The van der Waals surface area contributed by atoms with Crippen LogP contribution in [0.25, 0.3) is 0 Å². The molecule has 0 aliphatic carbocycles. The minimum atomic E-state index is -0.604. The fourth-order valence-corrected chi connectivity index (χ4v) is 1.99. The molecule has 2 aromatic rings. The third-order valence-corrected chi connectivity index (χ3v) is 3.29. The highest BCUT2D eigenvalue weighted by atomic mass is 16.5. The first-order valence-corrected chi connectivity index (χ1v) is 7.85. The maximum Gasteiger partial charge on any atom is 0.265 e. The van der Waals surface area contributed by atoms with Crippen molar-refractivity contribution in [1.29, 1.82) is 0 Å². The van der Waals surface area contributed by atoms with Crippen LogP contribution < -0.4 is 14.8 Å². The van der Waals surface area contributed by atoms with Crippen LogP contribution in [0, 0.1) is 6.92 Å². The zero-order valence-corrected chi connectivity index (χ0v) is 14.3. The number of amides is 1. The number of carbonyl (C=O) groups excluding carboxylic acids is 1. The highest BCUT2D eigenvalue weighted by molar-refractivity contribution is 5.94. The molecule has 2 rings (SSSR count). The monoisotopic (exact) mass is 325 g/mol. The first-order chi connectivity index (χ1) is 11.4. The Balaban J connectivity index is 1.94. The molecule has 1 atom stereocenters. The molecule has 4 nitrogen and oxygen atoms in total. The van der Waals surface area contributed by atoms with Crippen molar-refractivity contribution >= 4 is 11.6 Å². The number of ether oxygens (including phenoxy) is 2. The third kappa shape index (κ3) is 5.47. The number of anilines is 1. The smallest absolute Gasteiger partial charge is 0.265 e. The Labute approximate surface area is 143 Å². The van der Waals surface area contributed by atoms with E-state index in [1.807, 2.05) is 56.3 Å². The summed E-state index contributed by atoms with van der Waals surface area (Å²) in [5, 5.41) is 2.83. The largest absolute Gasteiger partial charge is 0.489 e. The minimum absolute atomic E-state index is 0.215. The second kappa shape index (κ2) is 8.20. The van der Waals surface area contributed by atoms with Gasteiger partial charge in [0.15, 0.2) is 6.10 Å². The zero-order valence-electron chi connectivity index (χ0n) is 14.3. The number of nitrogens with one attached hydrogen (secondary N) is 1. The van der Waals surface area contributed by atoms with Crippen LogP contribution in [0.2, 0.25) is 0 Å². The van der Waals surface area contributed by atoms with Crippen LogP contribution in [-0.2, 0) is 4.79 Å².